The van der Waals surface area contributed by atoms with E-state index in [1.165, 1.54) is 13.0 Å². The first-order valence-electron chi connectivity index (χ1n) is 7.50. The summed E-state index contributed by atoms with van der Waals surface area (Å²) in [6, 6.07) is 0. The second kappa shape index (κ2) is 12.8. The molecule has 0 saturated heterocycles. The standard InChI is InChI=1S/C14H35N5/c1-16-8-6-10-18(3)12-14-19(4)13-11-17(2)9-5-7-15/h16H,5-15H2,1-4H3. The van der Waals surface area contributed by atoms with E-state index in [1.807, 2.05) is 7.05 Å². The average molecular weight is 273 g/mol. The molecule has 0 unspecified atom stereocenters. The molecule has 0 aliphatic carbocycles. The zero-order valence-electron chi connectivity index (χ0n) is 13.5. The van der Waals surface area contributed by atoms with E-state index in [0.29, 0.717) is 0 Å². The highest BCUT2D eigenvalue weighted by Crippen LogP contribution is 1.91. The van der Waals surface area contributed by atoms with Gasteiger partial charge in [-0.1, -0.05) is 0 Å². The molecule has 0 bridgehead atoms. The normalized spacial score (nSPS) is 12.0. The van der Waals surface area contributed by atoms with Crippen LogP contribution < -0.4 is 11.1 Å². The van der Waals surface area contributed by atoms with E-state index in [0.717, 1.165) is 52.2 Å². The summed E-state index contributed by atoms with van der Waals surface area (Å²) in [6.07, 6.45) is 2.31. The van der Waals surface area contributed by atoms with Gasteiger partial charge in [0.1, 0.15) is 0 Å². The zero-order valence-corrected chi connectivity index (χ0v) is 13.5. The Morgan fingerprint density at radius 3 is 1.58 bits per heavy atom. The highest BCUT2D eigenvalue weighted by atomic mass is 15.2. The van der Waals surface area contributed by atoms with Gasteiger partial charge in [0.2, 0.25) is 0 Å². The molecule has 0 heterocycles. The Labute approximate surface area is 120 Å². The van der Waals surface area contributed by atoms with Crippen LogP contribution in [0.2, 0.25) is 0 Å². The van der Waals surface area contributed by atoms with Crippen molar-refractivity contribution >= 4 is 0 Å². The van der Waals surface area contributed by atoms with Crippen molar-refractivity contribution in [1.82, 2.24) is 20.0 Å². The lowest BCUT2D eigenvalue weighted by atomic mass is 10.3. The third-order valence-electron chi connectivity index (χ3n) is 3.44. The summed E-state index contributed by atoms with van der Waals surface area (Å²) in [4.78, 5) is 7.18. The summed E-state index contributed by atoms with van der Waals surface area (Å²) in [7, 11) is 8.59. The fourth-order valence-electron chi connectivity index (χ4n) is 1.91. The van der Waals surface area contributed by atoms with Gasteiger partial charge in [-0.15, -0.1) is 0 Å². The minimum Gasteiger partial charge on any atom is -0.330 e. The van der Waals surface area contributed by atoms with Crippen molar-refractivity contribution in [3.8, 4) is 0 Å². The lowest BCUT2D eigenvalue weighted by molar-refractivity contribution is 0.225. The topological polar surface area (TPSA) is 47.8 Å². The van der Waals surface area contributed by atoms with Crippen LogP contribution in [0, 0.1) is 0 Å². The number of hydrogen-bond donors (Lipinski definition) is 2. The lowest BCUT2D eigenvalue weighted by Crippen LogP contribution is -2.36. The summed E-state index contributed by atoms with van der Waals surface area (Å²) in [5.74, 6) is 0. The molecule has 0 amide bonds. The fourth-order valence-corrected chi connectivity index (χ4v) is 1.91. The molecule has 5 nitrogen and oxygen atoms in total. The van der Waals surface area contributed by atoms with Crippen LogP contribution in [0.15, 0.2) is 0 Å². The summed E-state index contributed by atoms with van der Waals surface area (Å²) in [5, 5.41) is 3.19. The Hall–Kier alpha value is -0.200. The monoisotopic (exact) mass is 273 g/mol. The van der Waals surface area contributed by atoms with E-state index in [1.54, 1.807) is 0 Å². The second-order valence-electron chi connectivity index (χ2n) is 5.51. The number of rotatable bonds is 13. The van der Waals surface area contributed by atoms with Gasteiger partial charge in [0.15, 0.2) is 0 Å². The van der Waals surface area contributed by atoms with E-state index >= 15 is 0 Å². The molecule has 19 heavy (non-hydrogen) atoms. The molecule has 0 aromatic heterocycles. The van der Waals surface area contributed by atoms with Gasteiger partial charge in [-0.2, -0.15) is 0 Å². The maximum absolute atomic E-state index is 5.52. The Morgan fingerprint density at radius 1 is 0.737 bits per heavy atom. The van der Waals surface area contributed by atoms with E-state index in [2.05, 4.69) is 41.2 Å². The average Bonchev–Trinajstić information content (AvgIpc) is 2.40. The summed E-state index contributed by atoms with van der Waals surface area (Å²) in [5.41, 5.74) is 5.52. The van der Waals surface area contributed by atoms with Gasteiger partial charge >= 0.3 is 0 Å². The van der Waals surface area contributed by atoms with E-state index in [-0.39, 0.29) is 0 Å². The van der Waals surface area contributed by atoms with Crippen LogP contribution >= 0.6 is 0 Å². The molecular formula is C14H35N5. The maximum Gasteiger partial charge on any atom is 0.0107 e. The molecule has 3 N–H and O–H groups in total. The van der Waals surface area contributed by atoms with E-state index in [9.17, 15) is 0 Å². The second-order valence-corrected chi connectivity index (χ2v) is 5.51. The largest absolute Gasteiger partial charge is 0.330 e. The molecule has 0 aliphatic rings. The molecule has 0 aliphatic heterocycles. The van der Waals surface area contributed by atoms with Crippen LogP contribution in [-0.4, -0.2) is 95.2 Å². The first kappa shape index (κ1) is 18.8. The van der Waals surface area contributed by atoms with Crippen molar-refractivity contribution in [2.75, 3.05) is 80.5 Å². The Morgan fingerprint density at radius 2 is 1.16 bits per heavy atom. The van der Waals surface area contributed by atoms with Crippen LogP contribution in [0.1, 0.15) is 12.8 Å². The summed E-state index contributed by atoms with van der Waals surface area (Å²) >= 11 is 0. The van der Waals surface area contributed by atoms with Gasteiger partial charge in [-0.25, -0.2) is 0 Å². The Balaban J connectivity index is 3.49. The molecule has 0 aromatic rings. The summed E-state index contributed by atoms with van der Waals surface area (Å²) in [6.45, 7) is 8.71. The Bertz CT molecular complexity index is 189. The first-order chi connectivity index (χ1) is 9.10. The van der Waals surface area contributed by atoms with Crippen LogP contribution in [0.3, 0.4) is 0 Å². The number of nitrogens with zero attached hydrogens (tertiary/aromatic N) is 3. The fraction of sp³-hybridized carbons (Fsp3) is 1.00. The van der Waals surface area contributed by atoms with Gasteiger partial charge in [-0.05, 0) is 67.2 Å². The van der Waals surface area contributed by atoms with Crippen molar-refractivity contribution in [2.24, 2.45) is 5.73 Å². The molecule has 0 radical (unpaired) electrons. The predicted molar refractivity (Wildman–Crippen MR) is 84.7 cm³/mol. The highest BCUT2D eigenvalue weighted by Gasteiger charge is 2.04. The minimum absolute atomic E-state index is 0.789. The van der Waals surface area contributed by atoms with Crippen LogP contribution in [0.25, 0.3) is 0 Å². The van der Waals surface area contributed by atoms with E-state index in [4.69, 9.17) is 5.73 Å². The number of nitrogens with two attached hydrogens (primary N) is 1. The molecule has 0 aromatic carbocycles. The third kappa shape index (κ3) is 12.6. The smallest absolute Gasteiger partial charge is 0.0107 e. The molecule has 0 spiro atoms. The number of nitrogens with one attached hydrogen (secondary N) is 1. The van der Waals surface area contributed by atoms with Gasteiger partial charge in [0.25, 0.3) is 0 Å². The van der Waals surface area contributed by atoms with Crippen molar-refractivity contribution < 1.29 is 0 Å². The molecule has 0 saturated carbocycles. The van der Waals surface area contributed by atoms with Crippen LogP contribution in [0.4, 0.5) is 0 Å². The number of likely N-dealkylation sites (N-methyl/N-ethyl adjacent to an activating group) is 3. The van der Waals surface area contributed by atoms with Crippen LogP contribution in [0.5, 0.6) is 0 Å². The van der Waals surface area contributed by atoms with Gasteiger partial charge in [0.05, 0.1) is 0 Å². The number of hydrogen-bond acceptors (Lipinski definition) is 5. The van der Waals surface area contributed by atoms with Crippen LogP contribution in [-0.2, 0) is 0 Å². The molecule has 116 valence electrons. The quantitative estimate of drug-likeness (QED) is 0.453. The molecule has 0 atom stereocenters. The van der Waals surface area contributed by atoms with Gasteiger partial charge in [0, 0.05) is 26.2 Å². The zero-order chi connectivity index (χ0) is 14.5. The van der Waals surface area contributed by atoms with Crippen molar-refractivity contribution in [3.63, 3.8) is 0 Å². The van der Waals surface area contributed by atoms with Crippen molar-refractivity contribution in [1.29, 1.82) is 0 Å². The SMILES string of the molecule is CNCCCN(C)CCN(C)CCN(C)CCCN. The highest BCUT2D eigenvalue weighted by molar-refractivity contribution is 4.60. The molecule has 5 heteroatoms. The van der Waals surface area contributed by atoms with E-state index < -0.39 is 0 Å². The predicted octanol–water partition coefficient (Wildman–Crippen LogP) is -0.260. The van der Waals surface area contributed by atoms with Crippen molar-refractivity contribution in [2.45, 2.75) is 12.8 Å². The van der Waals surface area contributed by atoms with Gasteiger partial charge < -0.3 is 25.8 Å². The van der Waals surface area contributed by atoms with Gasteiger partial charge in [-0.3, -0.25) is 0 Å². The van der Waals surface area contributed by atoms with Crippen molar-refractivity contribution in [3.05, 3.63) is 0 Å². The lowest BCUT2D eigenvalue weighted by Gasteiger charge is -2.24. The summed E-state index contributed by atoms with van der Waals surface area (Å²) < 4.78 is 0. The molecule has 0 rings (SSSR count). The Kier molecular flexibility index (Phi) is 12.7. The third-order valence-corrected chi connectivity index (χ3v) is 3.44. The molecule has 0 fully saturated rings. The maximum atomic E-state index is 5.52. The minimum atomic E-state index is 0.789. The molecular weight excluding hydrogens is 238 g/mol. The first-order valence-corrected chi connectivity index (χ1v) is 7.50.